The summed E-state index contributed by atoms with van der Waals surface area (Å²) in [5, 5.41) is 4.88. The number of carbonyl (C=O) groups excluding carboxylic acids is 1. The van der Waals surface area contributed by atoms with Crippen molar-refractivity contribution in [2.75, 3.05) is 13.1 Å². The van der Waals surface area contributed by atoms with Crippen molar-refractivity contribution in [2.24, 2.45) is 5.92 Å². The van der Waals surface area contributed by atoms with Crippen molar-refractivity contribution < 1.29 is 4.79 Å². The lowest BCUT2D eigenvalue weighted by molar-refractivity contribution is -0.133. The second kappa shape index (κ2) is 6.95. The van der Waals surface area contributed by atoms with Crippen LogP contribution in [0.3, 0.4) is 0 Å². The van der Waals surface area contributed by atoms with E-state index in [1.165, 1.54) is 51.6 Å². The summed E-state index contributed by atoms with van der Waals surface area (Å²) in [7, 11) is 0. The van der Waals surface area contributed by atoms with E-state index in [-0.39, 0.29) is 0 Å². The molecular weight excluding hydrogens is 372 g/mol. The highest BCUT2D eigenvalue weighted by Crippen LogP contribution is 2.38. The van der Waals surface area contributed by atoms with Gasteiger partial charge in [-0.1, -0.05) is 6.07 Å². The average Bonchev–Trinajstić information content (AvgIpc) is 3.36. The molecule has 5 heteroatoms. The van der Waals surface area contributed by atoms with E-state index in [0.29, 0.717) is 17.9 Å². The molecule has 0 unspecified atom stereocenters. The van der Waals surface area contributed by atoms with Crippen LogP contribution in [-0.4, -0.2) is 33.9 Å². The van der Waals surface area contributed by atoms with E-state index < -0.39 is 0 Å². The number of aromatic nitrogens is 2. The molecule has 1 atom stereocenters. The van der Waals surface area contributed by atoms with Gasteiger partial charge in [-0.05, 0) is 85.5 Å². The van der Waals surface area contributed by atoms with Gasteiger partial charge in [0.15, 0.2) is 0 Å². The van der Waals surface area contributed by atoms with E-state index in [1.54, 1.807) is 0 Å². The highest BCUT2D eigenvalue weighted by atomic mass is 16.2. The van der Waals surface area contributed by atoms with Crippen LogP contribution in [0.4, 0.5) is 0 Å². The Labute approximate surface area is 176 Å². The van der Waals surface area contributed by atoms with Crippen LogP contribution in [0, 0.1) is 12.8 Å². The lowest BCUT2D eigenvalue weighted by Crippen LogP contribution is -2.37. The third-order valence-electron chi connectivity index (χ3n) is 7.12. The van der Waals surface area contributed by atoms with Gasteiger partial charge >= 0.3 is 0 Å². The maximum atomic E-state index is 12.7. The molecular formula is C25H28N4O. The molecule has 2 aliphatic heterocycles. The van der Waals surface area contributed by atoms with Gasteiger partial charge in [0.2, 0.25) is 5.91 Å². The Kier molecular flexibility index (Phi) is 4.20. The largest absolute Gasteiger partial charge is 0.346 e. The second-order valence-electron chi connectivity index (χ2n) is 9.23. The average molecular weight is 401 g/mol. The van der Waals surface area contributed by atoms with Gasteiger partial charge in [0.25, 0.3) is 0 Å². The smallest absolute Gasteiger partial charge is 0.225 e. The van der Waals surface area contributed by atoms with Gasteiger partial charge < -0.3 is 15.2 Å². The summed E-state index contributed by atoms with van der Waals surface area (Å²) in [4.78, 5) is 22.7. The first kappa shape index (κ1) is 18.1. The van der Waals surface area contributed by atoms with Crippen LogP contribution in [0.25, 0.3) is 22.2 Å². The molecule has 154 valence electrons. The van der Waals surface area contributed by atoms with Crippen LogP contribution in [0.15, 0.2) is 30.6 Å². The topological polar surface area (TPSA) is 61.0 Å². The van der Waals surface area contributed by atoms with Crippen LogP contribution in [0.5, 0.6) is 0 Å². The zero-order chi connectivity index (χ0) is 20.2. The monoisotopic (exact) mass is 400 g/mol. The molecule has 3 aromatic rings. The number of amides is 1. The number of rotatable bonds is 3. The number of H-pyrrole nitrogens is 1. The van der Waals surface area contributed by atoms with Crippen LogP contribution in [0.2, 0.25) is 0 Å². The molecule has 5 nitrogen and oxygen atoms in total. The Bertz CT molecular complexity index is 1140. The summed E-state index contributed by atoms with van der Waals surface area (Å²) in [5.41, 5.74) is 8.76. The molecule has 1 amide bonds. The Hall–Kier alpha value is -2.66. The zero-order valence-electron chi connectivity index (χ0n) is 17.5. The molecule has 0 spiro atoms. The van der Waals surface area contributed by atoms with Crippen LogP contribution in [-0.2, 0) is 17.8 Å². The predicted molar refractivity (Wildman–Crippen MR) is 118 cm³/mol. The van der Waals surface area contributed by atoms with Gasteiger partial charge in [0, 0.05) is 48.4 Å². The number of hydrogen-bond acceptors (Lipinski definition) is 3. The maximum Gasteiger partial charge on any atom is 0.225 e. The van der Waals surface area contributed by atoms with E-state index in [4.69, 9.17) is 0 Å². The van der Waals surface area contributed by atoms with Crippen LogP contribution >= 0.6 is 0 Å². The van der Waals surface area contributed by atoms with E-state index >= 15 is 0 Å². The number of aromatic amines is 1. The van der Waals surface area contributed by atoms with Crippen molar-refractivity contribution in [2.45, 2.75) is 51.6 Å². The van der Waals surface area contributed by atoms with E-state index in [0.717, 1.165) is 44.5 Å². The zero-order valence-corrected chi connectivity index (χ0v) is 17.5. The van der Waals surface area contributed by atoms with Gasteiger partial charge in [-0.25, -0.2) is 4.98 Å². The molecule has 1 aromatic carbocycles. The molecule has 2 aromatic heterocycles. The summed E-state index contributed by atoms with van der Waals surface area (Å²) in [6, 6.07) is 7.35. The fourth-order valence-electron chi connectivity index (χ4n) is 5.19. The summed E-state index contributed by atoms with van der Waals surface area (Å²) >= 11 is 0. The van der Waals surface area contributed by atoms with Crippen molar-refractivity contribution in [3.8, 4) is 11.1 Å². The summed E-state index contributed by atoms with van der Waals surface area (Å²) < 4.78 is 0. The lowest BCUT2D eigenvalue weighted by Gasteiger charge is -2.32. The van der Waals surface area contributed by atoms with Crippen molar-refractivity contribution in [1.29, 1.82) is 0 Å². The molecule has 1 aliphatic carbocycles. The van der Waals surface area contributed by atoms with Gasteiger partial charge in [0.1, 0.15) is 5.65 Å². The van der Waals surface area contributed by atoms with Crippen molar-refractivity contribution in [1.82, 2.24) is 20.2 Å². The predicted octanol–water partition coefficient (Wildman–Crippen LogP) is 4.26. The van der Waals surface area contributed by atoms with Crippen molar-refractivity contribution in [3.63, 3.8) is 0 Å². The van der Waals surface area contributed by atoms with Gasteiger partial charge in [-0.15, -0.1) is 0 Å². The molecule has 1 saturated carbocycles. The van der Waals surface area contributed by atoms with Gasteiger partial charge in [-0.2, -0.15) is 0 Å². The van der Waals surface area contributed by atoms with Crippen molar-refractivity contribution in [3.05, 3.63) is 52.8 Å². The number of fused-ring (bicyclic) bond motifs is 2. The van der Waals surface area contributed by atoms with Crippen LogP contribution < -0.4 is 5.32 Å². The quantitative estimate of drug-likeness (QED) is 0.691. The molecule has 30 heavy (non-hydrogen) atoms. The second-order valence-corrected chi connectivity index (χ2v) is 9.23. The number of pyridine rings is 1. The number of carbonyl (C=O) groups is 1. The highest BCUT2D eigenvalue weighted by Gasteiger charge is 2.35. The number of nitrogens with one attached hydrogen (secondary N) is 2. The fraction of sp³-hybridized carbons (Fsp3) is 0.440. The summed E-state index contributed by atoms with van der Waals surface area (Å²) in [6.07, 6.45) is 9.48. The Morgan fingerprint density at radius 1 is 1.17 bits per heavy atom. The minimum atomic E-state index is 0.293. The Morgan fingerprint density at radius 3 is 2.87 bits per heavy atom. The number of benzene rings is 1. The van der Waals surface area contributed by atoms with E-state index in [9.17, 15) is 4.79 Å². The van der Waals surface area contributed by atoms with E-state index in [1.807, 2.05) is 12.4 Å². The molecule has 2 N–H and O–H groups in total. The van der Waals surface area contributed by atoms with Gasteiger partial charge in [-0.3, -0.25) is 4.79 Å². The normalized spacial score (nSPS) is 21.2. The first-order chi connectivity index (χ1) is 14.7. The minimum absolute atomic E-state index is 0.293. The molecule has 6 rings (SSSR count). The number of aryl methyl sites for hydroxylation is 1. The van der Waals surface area contributed by atoms with Crippen molar-refractivity contribution >= 4 is 16.9 Å². The van der Waals surface area contributed by atoms with E-state index in [2.05, 4.69) is 45.3 Å². The molecule has 3 aliphatic rings. The molecule has 0 bridgehead atoms. The maximum absolute atomic E-state index is 12.7. The molecule has 4 heterocycles. The minimum Gasteiger partial charge on any atom is -0.346 e. The Morgan fingerprint density at radius 2 is 2.07 bits per heavy atom. The first-order valence-electron chi connectivity index (χ1n) is 11.3. The SMILES string of the molecule is Cc1c[nH]c2ncc(-c3cc4c(c([C@@H]5CCCN5)c3)CN(C(=O)C3CC3)CC4)cc12. The molecule has 2 fully saturated rings. The fourth-order valence-corrected chi connectivity index (χ4v) is 5.19. The standard InChI is InChI=1S/C25H28N4O/c1-15-12-27-24-20(15)11-19(13-28-24)18-9-17-6-8-29(25(30)16-4-5-16)14-22(17)21(10-18)23-3-2-7-26-23/h9-13,16,23,26H,2-8,14H2,1H3,(H,27,28)/t23-/m0/s1. The van der Waals surface area contributed by atoms with Gasteiger partial charge in [0.05, 0.1) is 0 Å². The lowest BCUT2D eigenvalue weighted by atomic mass is 9.87. The molecule has 1 saturated heterocycles. The Balaban J connectivity index is 1.43. The summed E-state index contributed by atoms with van der Waals surface area (Å²) in [6.45, 7) is 4.81. The van der Waals surface area contributed by atoms with Crippen LogP contribution in [0.1, 0.15) is 54.0 Å². The molecule has 0 radical (unpaired) electrons. The number of nitrogens with zero attached hydrogens (tertiary/aromatic N) is 2. The third-order valence-corrected chi connectivity index (χ3v) is 7.12. The summed E-state index contributed by atoms with van der Waals surface area (Å²) in [5.74, 6) is 0.661. The number of hydrogen-bond donors (Lipinski definition) is 2. The first-order valence-corrected chi connectivity index (χ1v) is 11.3. The third kappa shape index (κ3) is 3.03. The highest BCUT2D eigenvalue weighted by molar-refractivity contribution is 5.85.